The fraction of sp³-hybridized carbons (Fsp3) is 0.125. The molecular formula is C16H14N4OS. The van der Waals surface area contributed by atoms with Crippen molar-refractivity contribution in [2.75, 3.05) is 12.4 Å². The Hall–Kier alpha value is -2.60. The van der Waals surface area contributed by atoms with E-state index in [9.17, 15) is 0 Å². The molecule has 22 heavy (non-hydrogen) atoms. The van der Waals surface area contributed by atoms with E-state index in [1.807, 2.05) is 43.6 Å². The van der Waals surface area contributed by atoms with Crippen molar-refractivity contribution >= 4 is 37.7 Å². The van der Waals surface area contributed by atoms with Crippen molar-refractivity contribution < 1.29 is 4.74 Å². The normalized spacial score (nSPS) is 11.1. The molecule has 0 aliphatic carbocycles. The molecule has 0 spiro atoms. The number of anilines is 1. The van der Waals surface area contributed by atoms with E-state index in [0.29, 0.717) is 6.61 Å². The third kappa shape index (κ3) is 2.27. The fourth-order valence-electron chi connectivity index (χ4n) is 2.41. The molecule has 4 aromatic rings. The number of nitrogens with one attached hydrogen (secondary N) is 2. The average Bonchev–Trinajstić information content (AvgIpc) is 3.18. The molecule has 0 aliphatic heterocycles. The Balaban J connectivity index is 1.59. The SMILES string of the molecule is CNc1nc2ccc(OCc3ccnc4[nH]ccc34)cc2s1. The van der Waals surface area contributed by atoms with Gasteiger partial charge in [0.25, 0.3) is 0 Å². The van der Waals surface area contributed by atoms with Crippen LogP contribution in [0.4, 0.5) is 5.13 Å². The molecule has 0 saturated carbocycles. The van der Waals surface area contributed by atoms with Gasteiger partial charge >= 0.3 is 0 Å². The van der Waals surface area contributed by atoms with Gasteiger partial charge in [0.05, 0.1) is 10.2 Å². The molecule has 0 fully saturated rings. The number of hydrogen-bond donors (Lipinski definition) is 2. The summed E-state index contributed by atoms with van der Waals surface area (Å²) < 4.78 is 7.05. The highest BCUT2D eigenvalue weighted by molar-refractivity contribution is 7.22. The van der Waals surface area contributed by atoms with Crippen molar-refractivity contribution in [1.82, 2.24) is 15.0 Å². The van der Waals surface area contributed by atoms with Crippen LogP contribution in [0.5, 0.6) is 5.75 Å². The molecule has 0 atom stereocenters. The summed E-state index contributed by atoms with van der Waals surface area (Å²) >= 11 is 1.62. The van der Waals surface area contributed by atoms with Gasteiger partial charge in [-0.3, -0.25) is 0 Å². The van der Waals surface area contributed by atoms with E-state index in [1.54, 1.807) is 17.5 Å². The quantitative estimate of drug-likeness (QED) is 0.602. The Morgan fingerprint density at radius 1 is 1.27 bits per heavy atom. The van der Waals surface area contributed by atoms with Gasteiger partial charge in [-0.2, -0.15) is 0 Å². The molecule has 110 valence electrons. The number of nitrogens with zero attached hydrogens (tertiary/aromatic N) is 2. The lowest BCUT2D eigenvalue weighted by molar-refractivity contribution is 0.308. The van der Waals surface area contributed by atoms with Gasteiger partial charge < -0.3 is 15.0 Å². The summed E-state index contributed by atoms with van der Waals surface area (Å²) in [5, 5.41) is 5.08. The Bertz CT molecular complexity index is 944. The van der Waals surface area contributed by atoms with Crippen molar-refractivity contribution in [2.45, 2.75) is 6.61 Å². The lowest BCUT2D eigenvalue weighted by Gasteiger charge is -2.07. The number of pyridine rings is 1. The van der Waals surface area contributed by atoms with E-state index in [0.717, 1.165) is 37.7 Å². The minimum absolute atomic E-state index is 0.514. The number of thiazole rings is 1. The largest absolute Gasteiger partial charge is 0.489 e. The van der Waals surface area contributed by atoms with Crippen molar-refractivity contribution in [3.63, 3.8) is 0 Å². The van der Waals surface area contributed by atoms with Gasteiger partial charge in [-0.25, -0.2) is 9.97 Å². The molecular weight excluding hydrogens is 296 g/mol. The lowest BCUT2D eigenvalue weighted by atomic mass is 10.2. The minimum atomic E-state index is 0.514. The van der Waals surface area contributed by atoms with Gasteiger partial charge in [-0.1, -0.05) is 11.3 Å². The van der Waals surface area contributed by atoms with Crippen LogP contribution in [0, 0.1) is 0 Å². The first kappa shape index (κ1) is 13.1. The molecule has 4 rings (SSSR count). The number of hydrogen-bond acceptors (Lipinski definition) is 5. The molecule has 5 nitrogen and oxygen atoms in total. The lowest BCUT2D eigenvalue weighted by Crippen LogP contribution is -1.96. The van der Waals surface area contributed by atoms with E-state index in [2.05, 4.69) is 20.3 Å². The summed E-state index contributed by atoms with van der Waals surface area (Å²) in [6.45, 7) is 0.514. The monoisotopic (exact) mass is 310 g/mol. The van der Waals surface area contributed by atoms with E-state index in [-0.39, 0.29) is 0 Å². The zero-order valence-electron chi connectivity index (χ0n) is 12.0. The molecule has 1 aromatic carbocycles. The number of rotatable bonds is 4. The van der Waals surface area contributed by atoms with Crippen LogP contribution >= 0.6 is 11.3 Å². The zero-order valence-corrected chi connectivity index (χ0v) is 12.8. The third-order valence-corrected chi connectivity index (χ3v) is 4.55. The highest BCUT2D eigenvalue weighted by Crippen LogP contribution is 2.29. The Morgan fingerprint density at radius 2 is 2.23 bits per heavy atom. The highest BCUT2D eigenvalue weighted by atomic mass is 32.1. The van der Waals surface area contributed by atoms with Crippen molar-refractivity contribution in [1.29, 1.82) is 0 Å². The second kappa shape index (κ2) is 5.31. The first-order valence-electron chi connectivity index (χ1n) is 6.95. The van der Waals surface area contributed by atoms with Crippen molar-refractivity contribution in [3.8, 4) is 5.75 Å². The number of H-pyrrole nitrogens is 1. The molecule has 0 amide bonds. The van der Waals surface area contributed by atoms with E-state index >= 15 is 0 Å². The van der Waals surface area contributed by atoms with Gasteiger partial charge in [-0.15, -0.1) is 0 Å². The summed E-state index contributed by atoms with van der Waals surface area (Å²) in [7, 11) is 1.88. The summed E-state index contributed by atoms with van der Waals surface area (Å²) in [6.07, 6.45) is 3.69. The molecule has 6 heteroatoms. The second-order valence-corrected chi connectivity index (χ2v) is 5.93. The standard InChI is InChI=1S/C16H14N4OS/c1-17-16-20-13-3-2-11(8-14(13)22-16)21-9-10-4-6-18-15-12(10)5-7-19-15/h2-8H,9H2,1H3,(H,17,20)(H,18,19). The fourth-order valence-corrected chi connectivity index (χ4v) is 3.25. The molecule has 0 radical (unpaired) electrons. The smallest absolute Gasteiger partial charge is 0.183 e. The van der Waals surface area contributed by atoms with Gasteiger partial charge in [-0.05, 0) is 30.3 Å². The maximum Gasteiger partial charge on any atom is 0.183 e. The van der Waals surface area contributed by atoms with E-state index in [4.69, 9.17) is 4.74 Å². The molecule has 0 unspecified atom stereocenters. The summed E-state index contributed by atoms with van der Waals surface area (Å²) in [5.41, 5.74) is 2.99. The number of ether oxygens (including phenoxy) is 1. The van der Waals surface area contributed by atoms with Crippen molar-refractivity contribution in [2.24, 2.45) is 0 Å². The van der Waals surface area contributed by atoms with Crippen LogP contribution in [0.15, 0.2) is 42.7 Å². The van der Waals surface area contributed by atoms with E-state index < -0.39 is 0 Å². The molecule has 3 heterocycles. The number of fused-ring (bicyclic) bond motifs is 2. The van der Waals surface area contributed by atoms with Crippen LogP contribution in [-0.4, -0.2) is 22.0 Å². The topological polar surface area (TPSA) is 62.8 Å². The van der Waals surface area contributed by atoms with Gasteiger partial charge in [0, 0.05) is 30.4 Å². The first-order chi connectivity index (χ1) is 10.8. The Morgan fingerprint density at radius 3 is 3.14 bits per heavy atom. The highest BCUT2D eigenvalue weighted by Gasteiger charge is 2.06. The predicted octanol–water partition coefficient (Wildman–Crippen LogP) is 3.79. The zero-order chi connectivity index (χ0) is 14.9. The van der Waals surface area contributed by atoms with Crippen LogP contribution in [0.25, 0.3) is 21.3 Å². The third-order valence-electron chi connectivity index (χ3n) is 3.52. The number of benzene rings is 1. The van der Waals surface area contributed by atoms with Crippen LogP contribution in [0.3, 0.4) is 0 Å². The maximum atomic E-state index is 5.94. The Labute approximate surface area is 131 Å². The van der Waals surface area contributed by atoms with Gasteiger partial charge in [0.1, 0.15) is 18.0 Å². The minimum Gasteiger partial charge on any atom is -0.489 e. The average molecular weight is 310 g/mol. The van der Waals surface area contributed by atoms with Crippen molar-refractivity contribution in [3.05, 3.63) is 48.3 Å². The van der Waals surface area contributed by atoms with Crippen LogP contribution in [-0.2, 0) is 6.61 Å². The number of aromatic amines is 1. The van der Waals surface area contributed by atoms with Gasteiger partial charge in [0.15, 0.2) is 5.13 Å². The van der Waals surface area contributed by atoms with Crippen LogP contribution in [0.2, 0.25) is 0 Å². The molecule has 0 aliphatic rings. The maximum absolute atomic E-state index is 5.94. The number of aromatic nitrogens is 3. The first-order valence-corrected chi connectivity index (χ1v) is 7.77. The van der Waals surface area contributed by atoms with Crippen LogP contribution in [0.1, 0.15) is 5.56 Å². The van der Waals surface area contributed by atoms with Gasteiger partial charge in [0.2, 0.25) is 0 Å². The summed E-state index contributed by atoms with van der Waals surface area (Å²) in [6, 6.07) is 9.98. The predicted molar refractivity (Wildman–Crippen MR) is 89.6 cm³/mol. The van der Waals surface area contributed by atoms with E-state index in [1.165, 1.54) is 0 Å². The molecule has 3 aromatic heterocycles. The Kier molecular flexibility index (Phi) is 3.16. The molecule has 0 bridgehead atoms. The van der Waals surface area contributed by atoms with Crippen LogP contribution < -0.4 is 10.1 Å². The molecule has 2 N–H and O–H groups in total. The summed E-state index contributed by atoms with van der Waals surface area (Å²) in [5.74, 6) is 0.847. The summed E-state index contributed by atoms with van der Waals surface area (Å²) in [4.78, 5) is 11.9. The molecule has 0 saturated heterocycles. The second-order valence-electron chi connectivity index (χ2n) is 4.90.